The van der Waals surface area contributed by atoms with Crippen LogP contribution < -0.4 is 10.1 Å². The van der Waals surface area contributed by atoms with Crippen molar-refractivity contribution in [2.45, 2.75) is 33.2 Å². The van der Waals surface area contributed by atoms with Crippen LogP contribution in [0, 0.1) is 6.92 Å². The number of aryl methyl sites for hydroxylation is 2. The van der Waals surface area contributed by atoms with Gasteiger partial charge < -0.3 is 10.1 Å². The van der Waals surface area contributed by atoms with Crippen LogP contribution in [-0.2, 0) is 11.2 Å². The number of carbonyl (C=O) groups is 1. The summed E-state index contributed by atoms with van der Waals surface area (Å²) in [4.78, 5) is 12.0. The zero-order valence-electron chi connectivity index (χ0n) is 13.4. The maximum Gasteiger partial charge on any atom is 0.258 e. The van der Waals surface area contributed by atoms with Crippen molar-refractivity contribution in [1.29, 1.82) is 0 Å². The summed E-state index contributed by atoms with van der Waals surface area (Å²) in [5.74, 6) is 0.601. The molecule has 0 bridgehead atoms. The summed E-state index contributed by atoms with van der Waals surface area (Å²) in [5, 5.41) is 2.95. The largest absolute Gasteiger partial charge is 0.484 e. The third-order valence-corrected chi connectivity index (χ3v) is 3.62. The molecule has 1 N–H and O–H groups in total. The minimum Gasteiger partial charge on any atom is -0.484 e. The van der Waals surface area contributed by atoms with Crippen molar-refractivity contribution < 1.29 is 9.53 Å². The number of ether oxygens (including phenoxy) is 1. The molecule has 2 aromatic rings. The Morgan fingerprint density at radius 3 is 2.55 bits per heavy atom. The number of carbonyl (C=O) groups excluding carboxylic acids is 1. The fourth-order valence-corrected chi connectivity index (χ4v) is 2.26. The number of hydrogen-bond acceptors (Lipinski definition) is 2. The maximum atomic E-state index is 12.0. The van der Waals surface area contributed by atoms with Gasteiger partial charge in [0.15, 0.2) is 6.61 Å². The van der Waals surface area contributed by atoms with Crippen LogP contribution in [0.2, 0.25) is 0 Å². The standard InChI is InChI=1S/C19H23NO2/c1-4-16-8-10-17(11-9-16)15(3)20-19(21)13-22-18-7-5-6-14(2)12-18/h5-12,15H,4,13H2,1-3H3,(H,20,21)/t15-/m1/s1. The highest BCUT2D eigenvalue weighted by Gasteiger charge is 2.10. The summed E-state index contributed by atoms with van der Waals surface area (Å²) in [6.07, 6.45) is 1.02. The molecular weight excluding hydrogens is 274 g/mol. The molecule has 0 saturated heterocycles. The Morgan fingerprint density at radius 2 is 1.91 bits per heavy atom. The molecule has 2 rings (SSSR count). The van der Waals surface area contributed by atoms with Crippen LogP contribution in [-0.4, -0.2) is 12.5 Å². The summed E-state index contributed by atoms with van der Waals surface area (Å²) < 4.78 is 5.51. The highest BCUT2D eigenvalue weighted by molar-refractivity contribution is 5.78. The lowest BCUT2D eigenvalue weighted by atomic mass is 10.1. The summed E-state index contributed by atoms with van der Waals surface area (Å²) >= 11 is 0. The van der Waals surface area contributed by atoms with Crippen LogP contribution in [0.5, 0.6) is 5.75 Å². The topological polar surface area (TPSA) is 38.3 Å². The fraction of sp³-hybridized carbons (Fsp3) is 0.316. The molecule has 0 unspecified atom stereocenters. The Hall–Kier alpha value is -2.29. The number of hydrogen-bond donors (Lipinski definition) is 1. The number of nitrogens with one attached hydrogen (secondary N) is 1. The van der Waals surface area contributed by atoms with Crippen molar-refractivity contribution in [1.82, 2.24) is 5.32 Å². The first-order valence-electron chi connectivity index (χ1n) is 7.66. The van der Waals surface area contributed by atoms with Crippen molar-refractivity contribution in [3.05, 3.63) is 65.2 Å². The normalized spacial score (nSPS) is 11.8. The molecule has 0 saturated carbocycles. The highest BCUT2D eigenvalue weighted by Crippen LogP contribution is 2.14. The number of amides is 1. The number of rotatable bonds is 6. The quantitative estimate of drug-likeness (QED) is 0.880. The monoisotopic (exact) mass is 297 g/mol. The lowest BCUT2D eigenvalue weighted by Gasteiger charge is -2.15. The Labute approximate surface area is 132 Å². The van der Waals surface area contributed by atoms with Crippen LogP contribution in [0.15, 0.2) is 48.5 Å². The molecule has 116 valence electrons. The zero-order chi connectivity index (χ0) is 15.9. The second kappa shape index (κ2) is 7.64. The van der Waals surface area contributed by atoms with E-state index in [1.54, 1.807) is 0 Å². The molecular formula is C19H23NO2. The molecule has 0 fully saturated rings. The van der Waals surface area contributed by atoms with E-state index in [0.717, 1.165) is 23.3 Å². The van der Waals surface area contributed by atoms with Crippen LogP contribution in [0.4, 0.5) is 0 Å². The minimum absolute atomic E-state index is 0.0282. The predicted octanol–water partition coefficient (Wildman–Crippen LogP) is 3.81. The fourth-order valence-electron chi connectivity index (χ4n) is 2.26. The minimum atomic E-state index is -0.117. The highest BCUT2D eigenvalue weighted by atomic mass is 16.5. The molecule has 22 heavy (non-hydrogen) atoms. The lowest BCUT2D eigenvalue weighted by Crippen LogP contribution is -2.31. The van der Waals surface area contributed by atoms with Gasteiger partial charge in [0.05, 0.1) is 6.04 Å². The van der Waals surface area contributed by atoms with Gasteiger partial charge in [-0.05, 0) is 49.1 Å². The second-order valence-corrected chi connectivity index (χ2v) is 5.49. The van der Waals surface area contributed by atoms with Crippen molar-refractivity contribution in [3.8, 4) is 5.75 Å². The lowest BCUT2D eigenvalue weighted by molar-refractivity contribution is -0.123. The van der Waals surface area contributed by atoms with Crippen LogP contribution >= 0.6 is 0 Å². The van der Waals surface area contributed by atoms with Gasteiger partial charge >= 0.3 is 0 Å². The molecule has 0 aliphatic carbocycles. The van der Waals surface area contributed by atoms with Gasteiger partial charge in [0.1, 0.15) is 5.75 Å². The van der Waals surface area contributed by atoms with Gasteiger partial charge in [-0.1, -0.05) is 43.3 Å². The third-order valence-electron chi connectivity index (χ3n) is 3.62. The first-order chi connectivity index (χ1) is 10.6. The third kappa shape index (κ3) is 4.62. The molecule has 0 aliphatic heterocycles. The Morgan fingerprint density at radius 1 is 1.18 bits per heavy atom. The number of benzene rings is 2. The van der Waals surface area contributed by atoms with E-state index in [1.807, 2.05) is 38.1 Å². The molecule has 0 radical (unpaired) electrons. The van der Waals surface area contributed by atoms with E-state index in [-0.39, 0.29) is 18.6 Å². The van der Waals surface area contributed by atoms with E-state index < -0.39 is 0 Å². The molecule has 2 aromatic carbocycles. The van der Waals surface area contributed by atoms with Crippen LogP contribution in [0.25, 0.3) is 0 Å². The molecule has 0 aromatic heterocycles. The van der Waals surface area contributed by atoms with Gasteiger partial charge in [0, 0.05) is 0 Å². The van der Waals surface area contributed by atoms with Crippen molar-refractivity contribution >= 4 is 5.91 Å². The molecule has 1 amide bonds. The van der Waals surface area contributed by atoms with E-state index in [0.29, 0.717) is 0 Å². The van der Waals surface area contributed by atoms with E-state index in [4.69, 9.17) is 4.74 Å². The summed E-state index contributed by atoms with van der Waals surface area (Å²) in [7, 11) is 0. The molecule has 3 heteroatoms. The first-order valence-corrected chi connectivity index (χ1v) is 7.66. The van der Waals surface area contributed by atoms with Gasteiger partial charge in [0.25, 0.3) is 5.91 Å². The Bertz CT molecular complexity index is 620. The summed E-state index contributed by atoms with van der Waals surface area (Å²) in [6.45, 7) is 6.13. The average Bonchev–Trinajstić information content (AvgIpc) is 2.53. The van der Waals surface area contributed by atoms with Gasteiger partial charge in [-0.25, -0.2) is 0 Å². The van der Waals surface area contributed by atoms with Crippen LogP contribution in [0.3, 0.4) is 0 Å². The van der Waals surface area contributed by atoms with Crippen molar-refractivity contribution in [2.24, 2.45) is 0 Å². The summed E-state index contributed by atoms with van der Waals surface area (Å²) in [6, 6.07) is 16.0. The van der Waals surface area contributed by atoms with Gasteiger partial charge in [-0.2, -0.15) is 0 Å². The van der Waals surface area contributed by atoms with E-state index in [2.05, 4.69) is 36.5 Å². The zero-order valence-corrected chi connectivity index (χ0v) is 13.4. The molecule has 0 heterocycles. The van der Waals surface area contributed by atoms with Gasteiger partial charge in [-0.3, -0.25) is 4.79 Å². The first kappa shape index (κ1) is 16.1. The Balaban J connectivity index is 1.85. The maximum absolute atomic E-state index is 12.0. The van der Waals surface area contributed by atoms with Crippen LogP contribution in [0.1, 0.15) is 36.6 Å². The van der Waals surface area contributed by atoms with E-state index in [9.17, 15) is 4.79 Å². The van der Waals surface area contributed by atoms with Crippen molar-refractivity contribution in [2.75, 3.05) is 6.61 Å². The van der Waals surface area contributed by atoms with Gasteiger partial charge in [-0.15, -0.1) is 0 Å². The van der Waals surface area contributed by atoms with Crippen molar-refractivity contribution in [3.63, 3.8) is 0 Å². The summed E-state index contributed by atoms with van der Waals surface area (Å²) in [5.41, 5.74) is 3.51. The SMILES string of the molecule is CCc1ccc([C@@H](C)NC(=O)COc2cccc(C)c2)cc1. The van der Waals surface area contributed by atoms with Gasteiger partial charge in [0.2, 0.25) is 0 Å². The molecule has 0 spiro atoms. The Kier molecular flexibility index (Phi) is 5.59. The average molecular weight is 297 g/mol. The second-order valence-electron chi connectivity index (χ2n) is 5.49. The van der Waals surface area contributed by atoms with E-state index in [1.165, 1.54) is 5.56 Å². The molecule has 0 aliphatic rings. The smallest absolute Gasteiger partial charge is 0.258 e. The molecule has 3 nitrogen and oxygen atoms in total. The van der Waals surface area contributed by atoms with E-state index >= 15 is 0 Å². The molecule has 1 atom stereocenters. The predicted molar refractivity (Wildman–Crippen MR) is 89.1 cm³/mol.